The van der Waals surface area contributed by atoms with Crippen molar-refractivity contribution in [2.24, 2.45) is 0 Å². The van der Waals surface area contributed by atoms with Crippen molar-refractivity contribution in [2.45, 2.75) is 58.0 Å². The van der Waals surface area contributed by atoms with Crippen LogP contribution >= 0.6 is 0 Å². The first kappa shape index (κ1) is 20.2. The van der Waals surface area contributed by atoms with Gasteiger partial charge in [-0.2, -0.15) is 0 Å². The molecule has 1 aromatic carbocycles. The molecule has 0 N–H and O–H groups in total. The lowest BCUT2D eigenvalue weighted by atomic mass is 9.94. The Labute approximate surface area is 171 Å². The molecular weight excluding hydrogens is 372 g/mol. The van der Waals surface area contributed by atoms with Gasteiger partial charge >= 0.3 is 12.1 Å². The smallest absolute Gasteiger partial charge is 0.410 e. The molecule has 3 atom stereocenters. The van der Waals surface area contributed by atoms with Crippen molar-refractivity contribution in [3.05, 3.63) is 34.9 Å². The molecule has 7 heteroatoms. The minimum atomic E-state index is -0.487. The number of carbonyl (C=O) groups is 2. The third-order valence-electron chi connectivity index (χ3n) is 5.68. The second-order valence-electron chi connectivity index (χ2n) is 9.23. The number of piperazine rings is 1. The van der Waals surface area contributed by atoms with E-state index in [2.05, 4.69) is 11.0 Å². The highest BCUT2D eigenvalue weighted by atomic mass is 16.6. The molecule has 3 heterocycles. The molecule has 29 heavy (non-hydrogen) atoms. The van der Waals surface area contributed by atoms with Crippen LogP contribution in [0.1, 0.15) is 55.3 Å². The van der Waals surface area contributed by atoms with Gasteiger partial charge < -0.3 is 19.1 Å². The Balaban J connectivity index is 1.40. The SMILES string of the molecule is C[C@@H]1Cc2cc(C3CN4CCN(C(=O)OC(C)(C)C)C[C@@H]4CO3)ccc2C(=O)O1. The van der Waals surface area contributed by atoms with Gasteiger partial charge in [-0.3, -0.25) is 4.90 Å². The van der Waals surface area contributed by atoms with Crippen LogP contribution in [0, 0.1) is 0 Å². The number of nitrogens with zero attached hydrogens (tertiary/aromatic N) is 2. The highest BCUT2D eigenvalue weighted by Crippen LogP contribution is 2.30. The maximum Gasteiger partial charge on any atom is 0.410 e. The molecule has 0 aliphatic carbocycles. The lowest BCUT2D eigenvalue weighted by Gasteiger charge is -2.46. The van der Waals surface area contributed by atoms with Gasteiger partial charge in [-0.05, 0) is 44.9 Å². The second-order valence-corrected chi connectivity index (χ2v) is 9.23. The van der Waals surface area contributed by atoms with Crippen molar-refractivity contribution in [1.29, 1.82) is 0 Å². The van der Waals surface area contributed by atoms with Gasteiger partial charge in [0.15, 0.2) is 0 Å². The molecule has 2 saturated heterocycles. The molecule has 0 radical (unpaired) electrons. The van der Waals surface area contributed by atoms with Crippen LogP contribution in [0.4, 0.5) is 4.79 Å². The van der Waals surface area contributed by atoms with Gasteiger partial charge in [-0.25, -0.2) is 9.59 Å². The van der Waals surface area contributed by atoms with Gasteiger partial charge in [0, 0.05) is 32.6 Å². The molecule has 4 rings (SSSR count). The molecule has 0 bridgehead atoms. The van der Waals surface area contributed by atoms with Gasteiger partial charge in [0.05, 0.1) is 24.3 Å². The summed E-state index contributed by atoms with van der Waals surface area (Å²) in [4.78, 5) is 28.6. The summed E-state index contributed by atoms with van der Waals surface area (Å²) in [7, 11) is 0. The van der Waals surface area contributed by atoms with Gasteiger partial charge in [0.2, 0.25) is 0 Å². The number of fused-ring (bicyclic) bond motifs is 2. The number of amides is 1. The first-order chi connectivity index (χ1) is 13.7. The lowest BCUT2D eigenvalue weighted by molar-refractivity contribution is -0.0906. The standard InChI is InChI=1S/C22H30N2O5/c1-14-9-16-10-15(5-6-18(16)20(25)28-14)19-12-23-7-8-24(11-17(23)13-27-19)21(26)29-22(2,3)4/h5-6,10,14,17,19H,7-9,11-13H2,1-4H3/t14-,17-,19?/m1/s1. The van der Waals surface area contributed by atoms with Crippen molar-refractivity contribution < 1.29 is 23.8 Å². The van der Waals surface area contributed by atoms with Crippen LogP contribution in [0.2, 0.25) is 0 Å². The monoisotopic (exact) mass is 402 g/mol. The molecule has 0 spiro atoms. The Morgan fingerprint density at radius 3 is 2.76 bits per heavy atom. The van der Waals surface area contributed by atoms with E-state index in [0.717, 1.165) is 30.6 Å². The lowest BCUT2D eigenvalue weighted by Crippen LogP contribution is -2.60. The molecule has 0 aromatic heterocycles. The van der Waals surface area contributed by atoms with E-state index < -0.39 is 5.60 Å². The van der Waals surface area contributed by atoms with E-state index in [1.165, 1.54) is 0 Å². The Kier molecular flexibility index (Phi) is 5.29. The predicted octanol–water partition coefficient (Wildman–Crippen LogP) is 2.78. The Morgan fingerprint density at radius 1 is 1.21 bits per heavy atom. The number of carbonyl (C=O) groups excluding carboxylic acids is 2. The predicted molar refractivity (Wildman–Crippen MR) is 107 cm³/mol. The number of hydrogen-bond donors (Lipinski definition) is 0. The Morgan fingerprint density at radius 2 is 2.00 bits per heavy atom. The van der Waals surface area contributed by atoms with Crippen molar-refractivity contribution in [3.8, 4) is 0 Å². The van der Waals surface area contributed by atoms with Gasteiger partial charge in [0.25, 0.3) is 0 Å². The number of ether oxygens (including phenoxy) is 3. The van der Waals surface area contributed by atoms with E-state index in [4.69, 9.17) is 14.2 Å². The van der Waals surface area contributed by atoms with Gasteiger partial charge in [-0.1, -0.05) is 12.1 Å². The largest absolute Gasteiger partial charge is 0.459 e. The highest BCUT2D eigenvalue weighted by Gasteiger charge is 2.37. The van der Waals surface area contributed by atoms with Crippen LogP contribution in [0.15, 0.2) is 18.2 Å². The maximum atomic E-state index is 12.4. The van der Waals surface area contributed by atoms with Crippen molar-refractivity contribution in [3.63, 3.8) is 0 Å². The third-order valence-corrected chi connectivity index (χ3v) is 5.68. The highest BCUT2D eigenvalue weighted by molar-refractivity contribution is 5.92. The number of cyclic esters (lactones) is 1. The molecule has 3 aliphatic heterocycles. The summed E-state index contributed by atoms with van der Waals surface area (Å²) < 4.78 is 17.0. The average molecular weight is 402 g/mol. The molecule has 1 aromatic rings. The van der Waals surface area contributed by atoms with Crippen LogP contribution < -0.4 is 0 Å². The van der Waals surface area contributed by atoms with Gasteiger partial charge in [0.1, 0.15) is 11.7 Å². The summed E-state index contributed by atoms with van der Waals surface area (Å²) in [5.74, 6) is -0.242. The number of hydrogen-bond acceptors (Lipinski definition) is 6. The zero-order valence-electron chi connectivity index (χ0n) is 17.6. The molecule has 1 amide bonds. The first-order valence-electron chi connectivity index (χ1n) is 10.4. The van der Waals surface area contributed by atoms with E-state index >= 15 is 0 Å². The second kappa shape index (κ2) is 7.61. The summed E-state index contributed by atoms with van der Waals surface area (Å²) in [6, 6.07) is 6.10. The number of benzene rings is 1. The fourth-order valence-electron chi connectivity index (χ4n) is 4.26. The fraction of sp³-hybridized carbons (Fsp3) is 0.636. The normalized spacial score (nSPS) is 27.7. The topological polar surface area (TPSA) is 68.3 Å². The van der Waals surface area contributed by atoms with Crippen molar-refractivity contribution in [1.82, 2.24) is 9.80 Å². The quantitative estimate of drug-likeness (QED) is 0.673. The molecular formula is C22H30N2O5. The number of esters is 1. The summed E-state index contributed by atoms with van der Waals surface area (Å²) in [6.45, 7) is 11.0. The van der Waals surface area contributed by atoms with Gasteiger partial charge in [-0.15, -0.1) is 0 Å². The molecule has 2 fully saturated rings. The summed E-state index contributed by atoms with van der Waals surface area (Å²) in [5, 5.41) is 0. The zero-order valence-corrected chi connectivity index (χ0v) is 17.6. The number of morpholine rings is 1. The van der Waals surface area contributed by atoms with Crippen LogP contribution in [0.25, 0.3) is 0 Å². The van der Waals surface area contributed by atoms with Crippen molar-refractivity contribution >= 4 is 12.1 Å². The summed E-state index contributed by atoms with van der Waals surface area (Å²) in [6.07, 6.45) is 0.356. The molecule has 1 unspecified atom stereocenters. The minimum Gasteiger partial charge on any atom is -0.459 e. The zero-order chi connectivity index (χ0) is 20.8. The van der Waals surface area contributed by atoms with E-state index in [0.29, 0.717) is 25.3 Å². The summed E-state index contributed by atoms with van der Waals surface area (Å²) in [5.41, 5.74) is 2.30. The first-order valence-corrected chi connectivity index (χ1v) is 10.4. The van der Waals surface area contributed by atoms with Crippen LogP contribution in [-0.2, 0) is 20.6 Å². The summed E-state index contributed by atoms with van der Waals surface area (Å²) >= 11 is 0. The van der Waals surface area contributed by atoms with E-state index in [-0.39, 0.29) is 30.3 Å². The molecule has 7 nitrogen and oxygen atoms in total. The minimum absolute atomic E-state index is 0.0297. The van der Waals surface area contributed by atoms with Crippen LogP contribution in [-0.4, -0.2) is 72.4 Å². The molecule has 158 valence electrons. The average Bonchev–Trinajstić information content (AvgIpc) is 2.65. The Hall–Kier alpha value is -2.12. The fourth-order valence-corrected chi connectivity index (χ4v) is 4.26. The van der Waals surface area contributed by atoms with E-state index in [9.17, 15) is 9.59 Å². The van der Waals surface area contributed by atoms with Crippen molar-refractivity contribution in [2.75, 3.05) is 32.8 Å². The van der Waals surface area contributed by atoms with Crippen LogP contribution in [0.5, 0.6) is 0 Å². The Bertz CT molecular complexity index is 803. The maximum absolute atomic E-state index is 12.4. The van der Waals surface area contributed by atoms with E-state index in [1.807, 2.05) is 39.8 Å². The van der Waals surface area contributed by atoms with Crippen LogP contribution in [0.3, 0.4) is 0 Å². The third kappa shape index (κ3) is 4.41. The molecule has 3 aliphatic rings. The van der Waals surface area contributed by atoms with E-state index in [1.54, 1.807) is 4.90 Å². The molecule has 0 saturated carbocycles. The number of rotatable bonds is 1.